The van der Waals surface area contributed by atoms with E-state index >= 15 is 0 Å². The zero-order valence-corrected chi connectivity index (χ0v) is 8.15. The molecule has 1 nitrogen and oxygen atoms in total. The summed E-state index contributed by atoms with van der Waals surface area (Å²) in [7, 11) is 5.39. The molecule has 0 aliphatic heterocycles. The van der Waals surface area contributed by atoms with Gasteiger partial charge in [-0.1, -0.05) is 18.2 Å². The van der Waals surface area contributed by atoms with Crippen molar-refractivity contribution in [3.05, 3.63) is 35.1 Å². The Balaban J connectivity index is 4.64. The van der Waals surface area contributed by atoms with Crippen LogP contribution in [-0.2, 0) is 0 Å². The van der Waals surface area contributed by atoms with Gasteiger partial charge in [-0.05, 0) is 38.2 Å². The second kappa shape index (κ2) is 4.86. The van der Waals surface area contributed by atoms with Crippen molar-refractivity contribution in [1.82, 2.24) is 0 Å². The summed E-state index contributed by atoms with van der Waals surface area (Å²) in [6, 6.07) is 0. The first-order valence-corrected chi connectivity index (χ1v) is 3.98. The molecule has 0 amide bonds. The van der Waals surface area contributed by atoms with Gasteiger partial charge in [-0.2, -0.15) is 0 Å². The second-order valence-electron chi connectivity index (χ2n) is 3.02. The topological polar surface area (TPSA) is 26.0 Å². The molecule has 2 N–H and O–H groups in total. The molecule has 0 saturated heterocycles. The summed E-state index contributed by atoms with van der Waals surface area (Å²) in [5.74, 6) is 0. The second-order valence-corrected chi connectivity index (χ2v) is 3.02. The van der Waals surface area contributed by atoms with Crippen LogP contribution in [-0.4, -0.2) is 7.85 Å². The van der Waals surface area contributed by atoms with Crippen LogP contribution < -0.4 is 5.73 Å². The van der Waals surface area contributed by atoms with Crippen LogP contribution in [0.3, 0.4) is 0 Å². The van der Waals surface area contributed by atoms with Gasteiger partial charge in [-0.15, -0.1) is 0 Å². The molecule has 2 heteroatoms. The Kier molecular flexibility index (Phi) is 4.49. The highest BCUT2D eigenvalue weighted by Crippen LogP contribution is 2.11. The van der Waals surface area contributed by atoms with Crippen LogP contribution in [0.1, 0.15) is 20.8 Å². The molecule has 0 saturated carbocycles. The van der Waals surface area contributed by atoms with Gasteiger partial charge < -0.3 is 5.73 Å². The molecule has 64 valence electrons. The average Bonchev–Trinajstić information content (AvgIpc) is 2.02. The van der Waals surface area contributed by atoms with Crippen molar-refractivity contribution in [2.45, 2.75) is 27.1 Å². The number of rotatable bonds is 3. The first-order chi connectivity index (χ1) is 5.49. The molecule has 0 spiro atoms. The SMILES string of the molecule is [B]C/C(N)=C(C)/C=C(\C)C(=C)C. The summed E-state index contributed by atoms with van der Waals surface area (Å²) in [5, 5.41) is 0. The van der Waals surface area contributed by atoms with E-state index in [4.69, 9.17) is 13.6 Å². The van der Waals surface area contributed by atoms with Crippen LogP contribution in [0.25, 0.3) is 0 Å². The number of hydrogen-bond donors (Lipinski definition) is 1. The van der Waals surface area contributed by atoms with Crippen molar-refractivity contribution in [1.29, 1.82) is 0 Å². The van der Waals surface area contributed by atoms with E-state index in [0.29, 0.717) is 6.32 Å². The molecule has 2 radical (unpaired) electrons. The Morgan fingerprint density at radius 3 is 2.25 bits per heavy atom. The fraction of sp³-hybridized carbons (Fsp3) is 0.400. The standard InChI is InChI=1S/C10H16BN/c1-7(2)8(3)5-9(4)10(12)6-11/h5H,1,6,12H2,2-4H3/b8-5+,10-9-. The predicted molar refractivity (Wildman–Crippen MR) is 56.0 cm³/mol. The number of hydrogen-bond acceptors (Lipinski definition) is 1. The van der Waals surface area contributed by atoms with E-state index in [9.17, 15) is 0 Å². The molecule has 0 aromatic heterocycles. The molecule has 0 aliphatic rings. The molecular weight excluding hydrogens is 145 g/mol. The lowest BCUT2D eigenvalue weighted by Gasteiger charge is -2.03. The van der Waals surface area contributed by atoms with E-state index in [1.54, 1.807) is 0 Å². The van der Waals surface area contributed by atoms with Crippen LogP contribution in [0.4, 0.5) is 0 Å². The first-order valence-electron chi connectivity index (χ1n) is 3.98. The Morgan fingerprint density at radius 1 is 1.42 bits per heavy atom. The third-order valence-corrected chi connectivity index (χ3v) is 1.83. The number of nitrogens with two attached hydrogens (primary N) is 1. The zero-order chi connectivity index (χ0) is 9.72. The number of allylic oxidation sites excluding steroid dienone is 5. The van der Waals surface area contributed by atoms with Crippen LogP contribution in [0.15, 0.2) is 35.1 Å². The lowest BCUT2D eigenvalue weighted by Crippen LogP contribution is -1.98. The van der Waals surface area contributed by atoms with Crippen molar-refractivity contribution in [2.24, 2.45) is 5.73 Å². The lowest BCUT2D eigenvalue weighted by atomic mass is 9.97. The van der Waals surface area contributed by atoms with Gasteiger partial charge in [0.25, 0.3) is 0 Å². The zero-order valence-electron chi connectivity index (χ0n) is 8.15. The van der Waals surface area contributed by atoms with Crippen LogP contribution in [0, 0.1) is 0 Å². The summed E-state index contributed by atoms with van der Waals surface area (Å²) in [6.45, 7) is 9.76. The smallest absolute Gasteiger partial charge is 0.0736 e. The first kappa shape index (κ1) is 11.1. The van der Waals surface area contributed by atoms with Crippen LogP contribution >= 0.6 is 0 Å². The van der Waals surface area contributed by atoms with E-state index in [1.165, 1.54) is 0 Å². The van der Waals surface area contributed by atoms with E-state index in [0.717, 1.165) is 22.4 Å². The van der Waals surface area contributed by atoms with E-state index in [1.807, 2.05) is 26.8 Å². The van der Waals surface area contributed by atoms with Gasteiger partial charge in [0.05, 0.1) is 7.85 Å². The Bertz CT molecular complexity index is 236. The fourth-order valence-corrected chi connectivity index (χ4v) is 0.702. The Labute approximate surface area is 76.4 Å². The van der Waals surface area contributed by atoms with Crippen LogP contribution in [0.2, 0.25) is 6.32 Å². The van der Waals surface area contributed by atoms with Gasteiger partial charge in [0.1, 0.15) is 0 Å². The molecule has 0 heterocycles. The summed E-state index contributed by atoms with van der Waals surface area (Å²) in [4.78, 5) is 0. The summed E-state index contributed by atoms with van der Waals surface area (Å²) < 4.78 is 0. The predicted octanol–water partition coefficient (Wildman–Crippen LogP) is 2.33. The highest BCUT2D eigenvalue weighted by Gasteiger charge is 1.93. The van der Waals surface area contributed by atoms with Crippen molar-refractivity contribution in [3.8, 4) is 0 Å². The van der Waals surface area contributed by atoms with Crippen molar-refractivity contribution in [2.75, 3.05) is 0 Å². The highest BCUT2D eigenvalue weighted by molar-refractivity contribution is 6.10. The van der Waals surface area contributed by atoms with Crippen molar-refractivity contribution >= 4 is 7.85 Å². The maximum atomic E-state index is 5.65. The van der Waals surface area contributed by atoms with Gasteiger partial charge >= 0.3 is 0 Å². The summed E-state index contributed by atoms with van der Waals surface area (Å²) in [6.07, 6.45) is 2.41. The normalized spacial score (nSPS) is 14.1. The molecule has 0 fully saturated rings. The third-order valence-electron chi connectivity index (χ3n) is 1.83. The van der Waals surface area contributed by atoms with Gasteiger partial charge in [0.15, 0.2) is 0 Å². The fourth-order valence-electron chi connectivity index (χ4n) is 0.702. The molecule has 0 aromatic rings. The molecule has 0 aromatic carbocycles. The molecule has 0 aliphatic carbocycles. The van der Waals surface area contributed by atoms with Crippen molar-refractivity contribution in [3.63, 3.8) is 0 Å². The van der Waals surface area contributed by atoms with E-state index in [-0.39, 0.29) is 0 Å². The molecule has 0 atom stereocenters. The third kappa shape index (κ3) is 3.47. The Morgan fingerprint density at radius 2 is 1.92 bits per heavy atom. The van der Waals surface area contributed by atoms with E-state index in [2.05, 4.69) is 6.58 Å². The molecule has 0 rings (SSSR count). The monoisotopic (exact) mass is 161 g/mol. The molecule has 0 bridgehead atoms. The maximum Gasteiger partial charge on any atom is 0.0736 e. The largest absolute Gasteiger partial charge is 0.402 e. The average molecular weight is 161 g/mol. The molecule has 0 unspecified atom stereocenters. The highest BCUT2D eigenvalue weighted by atomic mass is 14.6. The minimum Gasteiger partial charge on any atom is -0.402 e. The van der Waals surface area contributed by atoms with Gasteiger partial charge in [-0.3, -0.25) is 0 Å². The van der Waals surface area contributed by atoms with Crippen LogP contribution in [0.5, 0.6) is 0 Å². The molecule has 12 heavy (non-hydrogen) atoms. The minimum absolute atomic E-state index is 0.409. The van der Waals surface area contributed by atoms with Gasteiger partial charge in [0.2, 0.25) is 0 Å². The van der Waals surface area contributed by atoms with Gasteiger partial charge in [0, 0.05) is 5.70 Å². The summed E-state index contributed by atoms with van der Waals surface area (Å²) in [5.41, 5.74) is 9.60. The summed E-state index contributed by atoms with van der Waals surface area (Å²) >= 11 is 0. The van der Waals surface area contributed by atoms with Crippen molar-refractivity contribution < 1.29 is 0 Å². The Hall–Kier alpha value is -0.915. The van der Waals surface area contributed by atoms with Gasteiger partial charge in [-0.25, -0.2) is 0 Å². The molecular formula is C10H16BN. The quantitative estimate of drug-likeness (QED) is 0.498. The van der Waals surface area contributed by atoms with E-state index < -0.39 is 0 Å². The lowest BCUT2D eigenvalue weighted by molar-refractivity contribution is 1.22. The minimum atomic E-state index is 0.409. The maximum absolute atomic E-state index is 5.65.